The molecule has 0 aliphatic heterocycles. The lowest BCUT2D eigenvalue weighted by Crippen LogP contribution is -2.58. The Morgan fingerprint density at radius 1 is 1.10 bits per heavy atom. The summed E-state index contributed by atoms with van der Waals surface area (Å²) in [7, 11) is -4.13. The molecule has 224 valence electrons. The van der Waals surface area contributed by atoms with Crippen LogP contribution in [0.25, 0.3) is 0 Å². The van der Waals surface area contributed by atoms with E-state index in [0.29, 0.717) is 42.1 Å². The van der Waals surface area contributed by atoms with Gasteiger partial charge in [-0.1, -0.05) is 40.2 Å². The van der Waals surface area contributed by atoms with Crippen LogP contribution in [-0.2, 0) is 10.0 Å². The summed E-state index contributed by atoms with van der Waals surface area (Å²) in [5.41, 5.74) is 0.393. The second-order valence-corrected chi connectivity index (χ2v) is 15.7. The molecule has 1 aromatic rings. The lowest BCUT2D eigenvalue weighted by Gasteiger charge is -2.63. The Labute approximate surface area is 239 Å². The molecule has 10 atom stereocenters. The Balaban J connectivity index is 1.20. The maximum Gasteiger partial charge on any atom is 0.328 e. The number of rotatable bonds is 7. The van der Waals surface area contributed by atoms with E-state index < -0.39 is 28.0 Å². The molecule has 0 radical (unpaired) electrons. The average molecular weight is 579 g/mol. The molecule has 4 saturated carbocycles. The fourth-order valence-electron chi connectivity index (χ4n) is 10.5. The van der Waals surface area contributed by atoms with Crippen molar-refractivity contribution in [3.05, 3.63) is 30.1 Å². The molecule has 40 heavy (non-hydrogen) atoms. The first-order chi connectivity index (χ1) is 18.9. The number of nitrogens with one attached hydrogen (secondary N) is 2. The van der Waals surface area contributed by atoms with Crippen molar-refractivity contribution in [2.45, 2.75) is 103 Å². The zero-order chi connectivity index (χ0) is 28.9. The normalized spacial score (nSPS) is 39.9. The van der Waals surface area contributed by atoms with Crippen molar-refractivity contribution in [1.29, 1.82) is 0 Å². The van der Waals surface area contributed by atoms with Gasteiger partial charge in [0.1, 0.15) is 12.0 Å². The van der Waals surface area contributed by atoms with E-state index in [1.807, 2.05) is 4.72 Å². The van der Waals surface area contributed by atoms with E-state index in [-0.39, 0.29) is 21.6 Å². The third kappa shape index (κ3) is 5.20. The molecule has 2 amide bonds. The molecule has 0 spiro atoms. The highest BCUT2D eigenvalue weighted by Crippen LogP contribution is 2.69. The summed E-state index contributed by atoms with van der Waals surface area (Å²) in [6.45, 7) is 9.86. The second kappa shape index (κ2) is 11.2. The van der Waals surface area contributed by atoms with Crippen molar-refractivity contribution in [2.24, 2.45) is 52.3 Å². The molecule has 2 N–H and O–H groups in total. The molecule has 4 aliphatic carbocycles. The first-order valence-corrected chi connectivity index (χ1v) is 17.1. The predicted molar refractivity (Wildman–Crippen MR) is 153 cm³/mol. The van der Waals surface area contributed by atoms with Crippen molar-refractivity contribution in [2.75, 3.05) is 6.54 Å². The minimum atomic E-state index is -4.13. The van der Waals surface area contributed by atoms with Gasteiger partial charge in [0.15, 0.2) is 0 Å². The zero-order valence-corrected chi connectivity index (χ0v) is 25.4. The Bertz CT molecular complexity index is 1190. The summed E-state index contributed by atoms with van der Waals surface area (Å²) in [5.74, 6) is 3.00. The molecule has 0 bridgehead atoms. The van der Waals surface area contributed by atoms with Crippen LogP contribution in [0, 0.1) is 58.1 Å². The van der Waals surface area contributed by atoms with Crippen LogP contribution >= 0.6 is 0 Å². The minimum Gasteiger partial charge on any atom is -0.337 e. The number of sulfonamides is 1. The first kappa shape index (κ1) is 29.8. The molecule has 8 heteroatoms. The molecule has 4 fully saturated rings. The third-order valence-corrected chi connectivity index (χ3v) is 13.5. The van der Waals surface area contributed by atoms with Crippen molar-refractivity contribution in [3.8, 4) is 0 Å². The van der Waals surface area contributed by atoms with Gasteiger partial charge in [-0.2, -0.15) is 0 Å². The largest absolute Gasteiger partial charge is 0.337 e. The Morgan fingerprint density at radius 2 is 1.85 bits per heavy atom. The maximum absolute atomic E-state index is 15.4. The second-order valence-electron chi connectivity index (χ2n) is 14.0. The monoisotopic (exact) mass is 578 g/mol. The third-order valence-electron chi connectivity index (χ3n) is 12.2. The van der Waals surface area contributed by atoms with Crippen molar-refractivity contribution in [3.63, 3.8) is 0 Å². The molecular weight excluding hydrogens is 530 g/mol. The van der Waals surface area contributed by atoms with Crippen molar-refractivity contribution >= 4 is 16.1 Å². The number of carbonyl (C=O) groups is 1. The molecule has 4 aliphatic rings. The van der Waals surface area contributed by atoms with E-state index in [9.17, 15) is 17.6 Å². The standard InChI is InChI=1S/C32H48F2N2O3S/c1-5-21-18-24-26-12-11-25(31(26,3)16-13-27(24)32(4)15-7-10-28(34)29(21)32)20(2)14-17-35-30(37)36-40(38,39)23-9-6-8-22(33)19-23/h6,8-9,19-21,24-29H,5,7,10-18H2,1-4H3,(H2,35,36,37)/t20-,21+,24?,25?,26?,27?,28+,29-,31-,32-/m1/s1. The average Bonchev–Trinajstić information content (AvgIpc) is 3.25. The Hall–Kier alpha value is -1.70. The molecule has 1 aromatic carbocycles. The number of carbonyl (C=O) groups excluding carboxylic acids is 1. The molecule has 0 aromatic heterocycles. The number of urea groups is 1. The minimum absolute atomic E-state index is 0.134. The summed E-state index contributed by atoms with van der Waals surface area (Å²) in [6, 6.07) is 3.81. The molecule has 4 unspecified atom stereocenters. The van der Waals surface area contributed by atoms with Crippen LogP contribution in [0.4, 0.5) is 13.6 Å². The number of amides is 2. The fraction of sp³-hybridized carbons (Fsp3) is 0.781. The van der Waals surface area contributed by atoms with E-state index in [0.717, 1.165) is 37.8 Å². The molecule has 5 nitrogen and oxygen atoms in total. The van der Waals surface area contributed by atoms with Gasteiger partial charge in [0.05, 0.1) is 4.90 Å². The Morgan fingerprint density at radius 3 is 2.58 bits per heavy atom. The van der Waals surface area contributed by atoms with Gasteiger partial charge in [-0.05, 0) is 128 Å². The van der Waals surface area contributed by atoms with Crippen LogP contribution in [0.5, 0.6) is 0 Å². The van der Waals surface area contributed by atoms with Gasteiger partial charge in [-0.3, -0.25) is 0 Å². The summed E-state index contributed by atoms with van der Waals surface area (Å²) in [5, 5.41) is 2.70. The number of fused-ring (bicyclic) bond motifs is 5. The number of benzene rings is 1. The van der Waals surface area contributed by atoms with E-state index in [1.54, 1.807) is 0 Å². The van der Waals surface area contributed by atoms with Crippen molar-refractivity contribution in [1.82, 2.24) is 10.0 Å². The van der Waals surface area contributed by atoms with Crippen LogP contribution in [0.15, 0.2) is 29.2 Å². The highest BCUT2D eigenvalue weighted by atomic mass is 32.2. The van der Waals surface area contributed by atoms with E-state index in [4.69, 9.17) is 0 Å². The van der Waals surface area contributed by atoms with Gasteiger partial charge in [0.25, 0.3) is 10.0 Å². The fourth-order valence-corrected chi connectivity index (χ4v) is 11.5. The maximum atomic E-state index is 15.4. The molecular formula is C32H48F2N2O3S. The lowest BCUT2D eigenvalue weighted by molar-refractivity contribution is -0.157. The van der Waals surface area contributed by atoms with E-state index >= 15 is 4.39 Å². The van der Waals surface area contributed by atoms with Crippen LogP contribution in [0.3, 0.4) is 0 Å². The van der Waals surface area contributed by atoms with Gasteiger partial charge in [-0.15, -0.1) is 0 Å². The number of halogens is 2. The van der Waals surface area contributed by atoms with Gasteiger partial charge in [0.2, 0.25) is 0 Å². The van der Waals surface area contributed by atoms with Crippen LogP contribution < -0.4 is 10.0 Å². The van der Waals surface area contributed by atoms with Crippen LogP contribution in [0.1, 0.15) is 91.9 Å². The first-order valence-electron chi connectivity index (χ1n) is 15.6. The highest BCUT2D eigenvalue weighted by Gasteiger charge is 2.63. The number of alkyl halides is 1. The summed E-state index contributed by atoms with van der Waals surface area (Å²) >= 11 is 0. The molecule has 0 heterocycles. The van der Waals surface area contributed by atoms with Gasteiger partial charge >= 0.3 is 6.03 Å². The van der Waals surface area contributed by atoms with Gasteiger partial charge in [-0.25, -0.2) is 26.7 Å². The SMILES string of the molecule is CC[C@H]1CC2C3CCC([C@H](C)CCNC(=O)NS(=O)(=O)c4cccc(F)c4)[C@@]3(C)CCC2[C@@]2(C)CCC[C@H](F)[C@@H]12. The van der Waals surface area contributed by atoms with Gasteiger partial charge < -0.3 is 5.32 Å². The summed E-state index contributed by atoms with van der Waals surface area (Å²) in [6.07, 6.45) is 10.2. The van der Waals surface area contributed by atoms with E-state index in [2.05, 4.69) is 33.0 Å². The molecule has 5 rings (SSSR count). The lowest BCUT2D eigenvalue weighted by atomic mass is 9.42. The zero-order valence-electron chi connectivity index (χ0n) is 24.6. The highest BCUT2D eigenvalue weighted by molar-refractivity contribution is 7.90. The summed E-state index contributed by atoms with van der Waals surface area (Å²) < 4.78 is 55.7. The van der Waals surface area contributed by atoms with Crippen LogP contribution in [0.2, 0.25) is 0 Å². The quantitative estimate of drug-likeness (QED) is 0.352. The number of hydrogen-bond acceptors (Lipinski definition) is 3. The predicted octanol–water partition coefficient (Wildman–Crippen LogP) is 7.47. The summed E-state index contributed by atoms with van der Waals surface area (Å²) in [4.78, 5) is 12.1. The van der Waals surface area contributed by atoms with E-state index in [1.165, 1.54) is 50.7 Å². The molecule has 0 saturated heterocycles. The number of hydrogen-bond donors (Lipinski definition) is 2. The van der Waals surface area contributed by atoms with Crippen molar-refractivity contribution < 1.29 is 22.0 Å². The smallest absolute Gasteiger partial charge is 0.328 e. The topological polar surface area (TPSA) is 75.3 Å². The Kier molecular flexibility index (Phi) is 8.32. The van der Waals surface area contributed by atoms with Crippen LogP contribution in [-0.4, -0.2) is 27.2 Å². The van der Waals surface area contributed by atoms with Gasteiger partial charge in [0, 0.05) is 6.54 Å².